The second-order valence-corrected chi connectivity index (χ2v) is 6.19. The first-order valence-electron chi connectivity index (χ1n) is 9.13. The van der Waals surface area contributed by atoms with E-state index >= 15 is 0 Å². The molecule has 0 unspecified atom stereocenters. The lowest BCUT2D eigenvalue weighted by atomic mass is 9.98. The number of nitrogens with one attached hydrogen (secondary N) is 2. The quantitative estimate of drug-likeness (QED) is 0.678. The molecule has 1 fully saturated rings. The summed E-state index contributed by atoms with van der Waals surface area (Å²) in [6, 6.07) is 7.85. The molecule has 5 heteroatoms. The smallest absolute Gasteiger partial charge is 0.315 e. The number of ether oxygens (including phenoxy) is 2. The summed E-state index contributed by atoms with van der Waals surface area (Å²) in [5, 5.41) is 5.71. The second kappa shape index (κ2) is 10.9. The first kappa shape index (κ1) is 18.6. The third-order valence-electron chi connectivity index (χ3n) is 4.16. The lowest BCUT2D eigenvalue weighted by molar-refractivity contribution is 0.145. The van der Waals surface area contributed by atoms with Gasteiger partial charge in [0.2, 0.25) is 0 Å². The van der Waals surface area contributed by atoms with Crippen LogP contribution >= 0.6 is 0 Å². The van der Waals surface area contributed by atoms with Crippen LogP contribution in [0.2, 0.25) is 0 Å². The Labute approximate surface area is 145 Å². The van der Waals surface area contributed by atoms with Gasteiger partial charge >= 0.3 is 6.03 Å². The third kappa shape index (κ3) is 7.21. The highest BCUT2D eigenvalue weighted by molar-refractivity contribution is 5.73. The number of carbonyl (C=O) groups excluding carboxylic acids is 1. The van der Waals surface area contributed by atoms with E-state index in [1.165, 1.54) is 19.3 Å². The molecule has 24 heavy (non-hydrogen) atoms. The Balaban J connectivity index is 1.68. The number of carbonyl (C=O) groups is 1. The van der Waals surface area contributed by atoms with Gasteiger partial charge in [-0.2, -0.15) is 0 Å². The number of benzene rings is 1. The predicted molar refractivity (Wildman–Crippen MR) is 95.3 cm³/mol. The van der Waals surface area contributed by atoms with Crippen molar-refractivity contribution in [3.63, 3.8) is 0 Å². The molecule has 1 aromatic rings. The molecule has 0 aliphatic heterocycles. The van der Waals surface area contributed by atoms with Gasteiger partial charge in [-0.05, 0) is 56.7 Å². The van der Waals surface area contributed by atoms with Crippen LogP contribution in [0.15, 0.2) is 24.3 Å². The first-order valence-corrected chi connectivity index (χ1v) is 9.13. The molecule has 2 rings (SSSR count). The van der Waals surface area contributed by atoms with E-state index in [0.717, 1.165) is 30.6 Å². The Morgan fingerprint density at radius 2 is 2.04 bits per heavy atom. The van der Waals surface area contributed by atoms with E-state index in [4.69, 9.17) is 9.47 Å². The molecule has 134 valence electrons. The average molecular weight is 334 g/mol. The van der Waals surface area contributed by atoms with Gasteiger partial charge in [0.25, 0.3) is 0 Å². The summed E-state index contributed by atoms with van der Waals surface area (Å²) in [7, 11) is 0. The predicted octanol–water partition coefficient (Wildman–Crippen LogP) is 3.62. The van der Waals surface area contributed by atoms with Crippen molar-refractivity contribution in [3.8, 4) is 5.75 Å². The molecule has 0 saturated heterocycles. The van der Waals surface area contributed by atoms with Crippen molar-refractivity contribution in [2.24, 2.45) is 0 Å². The van der Waals surface area contributed by atoms with Crippen LogP contribution in [0.3, 0.4) is 0 Å². The molecule has 0 aromatic heterocycles. The number of hydrogen-bond donors (Lipinski definition) is 2. The van der Waals surface area contributed by atoms with E-state index < -0.39 is 0 Å². The average Bonchev–Trinajstić information content (AvgIpc) is 2.61. The van der Waals surface area contributed by atoms with Crippen LogP contribution in [0.5, 0.6) is 5.75 Å². The molecule has 0 bridgehead atoms. The van der Waals surface area contributed by atoms with Gasteiger partial charge in [-0.3, -0.25) is 0 Å². The van der Waals surface area contributed by atoms with Gasteiger partial charge in [0.05, 0.1) is 6.10 Å². The third-order valence-corrected chi connectivity index (χ3v) is 4.16. The Morgan fingerprint density at radius 1 is 1.21 bits per heavy atom. The summed E-state index contributed by atoms with van der Waals surface area (Å²) in [5.41, 5.74) is 1.05. The van der Waals surface area contributed by atoms with Gasteiger partial charge in [0.1, 0.15) is 5.75 Å². The van der Waals surface area contributed by atoms with E-state index in [1.807, 2.05) is 31.2 Å². The van der Waals surface area contributed by atoms with Gasteiger partial charge < -0.3 is 20.1 Å². The SMILES string of the molecule is CCOCCCNC(=O)NCc1cccc(OC2CCCCC2)c1. The molecule has 2 amide bonds. The fraction of sp³-hybridized carbons (Fsp3) is 0.632. The van der Waals surface area contributed by atoms with Crippen molar-refractivity contribution < 1.29 is 14.3 Å². The zero-order valence-corrected chi connectivity index (χ0v) is 14.7. The molecule has 1 saturated carbocycles. The van der Waals surface area contributed by atoms with Crippen molar-refractivity contribution in [1.82, 2.24) is 10.6 Å². The molecule has 1 aliphatic rings. The van der Waals surface area contributed by atoms with E-state index in [0.29, 0.717) is 32.4 Å². The molecule has 0 heterocycles. The van der Waals surface area contributed by atoms with Crippen molar-refractivity contribution in [3.05, 3.63) is 29.8 Å². The van der Waals surface area contributed by atoms with Gasteiger partial charge in [0, 0.05) is 26.3 Å². The maximum absolute atomic E-state index is 11.8. The minimum absolute atomic E-state index is 0.148. The van der Waals surface area contributed by atoms with E-state index in [2.05, 4.69) is 10.6 Å². The maximum atomic E-state index is 11.8. The molecule has 0 radical (unpaired) electrons. The van der Waals surface area contributed by atoms with E-state index in [1.54, 1.807) is 0 Å². The van der Waals surface area contributed by atoms with Crippen LogP contribution in [0.25, 0.3) is 0 Å². The molecule has 0 atom stereocenters. The summed E-state index contributed by atoms with van der Waals surface area (Å²) in [6.45, 7) is 4.48. The molecule has 2 N–H and O–H groups in total. The molecular formula is C19H30N2O3. The van der Waals surface area contributed by atoms with Gasteiger partial charge in [-0.1, -0.05) is 18.6 Å². The van der Waals surface area contributed by atoms with E-state index in [-0.39, 0.29) is 6.03 Å². The lowest BCUT2D eigenvalue weighted by Crippen LogP contribution is -2.35. The summed E-state index contributed by atoms with van der Waals surface area (Å²) in [5.74, 6) is 0.901. The van der Waals surface area contributed by atoms with Crippen molar-refractivity contribution in [2.45, 2.75) is 58.1 Å². The maximum Gasteiger partial charge on any atom is 0.315 e. The summed E-state index contributed by atoms with van der Waals surface area (Å²) >= 11 is 0. The highest BCUT2D eigenvalue weighted by Gasteiger charge is 2.14. The Bertz CT molecular complexity index is 487. The highest BCUT2D eigenvalue weighted by Crippen LogP contribution is 2.23. The van der Waals surface area contributed by atoms with Crippen LogP contribution in [-0.4, -0.2) is 31.9 Å². The topological polar surface area (TPSA) is 59.6 Å². The number of amides is 2. The van der Waals surface area contributed by atoms with Crippen LogP contribution in [0.4, 0.5) is 4.79 Å². The summed E-state index contributed by atoms with van der Waals surface area (Å²) in [6.07, 6.45) is 7.30. The van der Waals surface area contributed by atoms with Crippen LogP contribution < -0.4 is 15.4 Å². The van der Waals surface area contributed by atoms with Crippen molar-refractivity contribution in [1.29, 1.82) is 0 Å². The Kier molecular flexibility index (Phi) is 8.46. The number of rotatable bonds is 9. The fourth-order valence-corrected chi connectivity index (χ4v) is 2.87. The normalized spacial score (nSPS) is 15.0. The minimum atomic E-state index is -0.148. The number of hydrogen-bond acceptors (Lipinski definition) is 3. The molecule has 5 nitrogen and oxygen atoms in total. The van der Waals surface area contributed by atoms with Crippen LogP contribution in [0.1, 0.15) is 51.0 Å². The Hall–Kier alpha value is -1.75. The Morgan fingerprint density at radius 3 is 2.83 bits per heavy atom. The molecule has 1 aliphatic carbocycles. The zero-order chi connectivity index (χ0) is 17.0. The highest BCUT2D eigenvalue weighted by atomic mass is 16.5. The largest absolute Gasteiger partial charge is 0.490 e. The van der Waals surface area contributed by atoms with Gasteiger partial charge in [0.15, 0.2) is 0 Å². The molecule has 0 spiro atoms. The van der Waals surface area contributed by atoms with Gasteiger partial charge in [-0.15, -0.1) is 0 Å². The lowest BCUT2D eigenvalue weighted by Gasteiger charge is -2.23. The van der Waals surface area contributed by atoms with E-state index in [9.17, 15) is 4.79 Å². The monoisotopic (exact) mass is 334 g/mol. The van der Waals surface area contributed by atoms with Crippen molar-refractivity contribution in [2.75, 3.05) is 19.8 Å². The summed E-state index contributed by atoms with van der Waals surface area (Å²) in [4.78, 5) is 11.8. The fourth-order valence-electron chi connectivity index (χ4n) is 2.87. The first-order chi connectivity index (χ1) is 11.8. The van der Waals surface area contributed by atoms with Crippen molar-refractivity contribution >= 4 is 6.03 Å². The minimum Gasteiger partial charge on any atom is -0.490 e. The zero-order valence-electron chi connectivity index (χ0n) is 14.7. The van der Waals surface area contributed by atoms with Crippen LogP contribution in [-0.2, 0) is 11.3 Å². The summed E-state index contributed by atoms with van der Waals surface area (Å²) < 4.78 is 11.3. The second-order valence-electron chi connectivity index (χ2n) is 6.19. The molecular weight excluding hydrogens is 304 g/mol. The molecule has 1 aromatic carbocycles. The van der Waals surface area contributed by atoms with Gasteiger partial charge in [-0.25, -0.2) is 4.79 Å². The number of urea groups is 1. The van der Waals surface area contributed by atoms with Crippen LogP contribution in [0, 0.1) is 0 Å². The standard InChI is InChI=1S/C19H30N2O3/c1-2-23-13-7-12-20-19(22)21-15-16-8-6-11-18(14-16)24-17-9-4-3-5-10-17/h6,8,11,14,17H,2-5,7,9-10,12-13,15H2,1H3,(H2,20,21,22).